The van der Waals surface area contributed by atoms with Gasteiger partial charge in [-0.1, -0.05) is 19.8 Å². The predicted molar refractivity (Wildman–Crippen MR) is 77.5 cm³/mol. The van der Waals surface area contributed by atoms with Crippen molar-refractivity contribution in [2.75, 3.05) is 0 Å². The van der Waals surface area contributed by atoms with Gasteiger partial charge in [-0.2, -0.15) is 0 Å². The van der Waals surface area contributed by atoms with Crippen molar-refractivity contribution in [1.29, 1.82) is 0 Å². The van der Waals surface area contributed by atoms with E-state index in [0.29, 0.717) is 0 Å². The van der Waals surface area contributed by atoms with Crippen LogP contribution in [0.15, 0.2) is 0 Å². The number of nitrogens with zero attached hydrogens (tertiary/aromatic N) is 1. The summed E-state index contributed by atoms with van der Waals surface area (Å²) < 4.78 is 5.42. The molecule has 4 heteroatoms. The van der Waals surface area contributed by atoms with Crippen LogP contribution in [0, 0.1) is 5.92 Å². The number of amides is 1. The lowest BCUT2D eigenvalue weighted by molar-refractivity contribution is -0.108. The van der Waals surface area contributed by atoms with Gasteiger partial charge in [-0.3, -0.25) is 4.90 Å². The first-order valence-electron chi connectivity index (χ1n) is 7.81. The molecule has 1 amide bonds. The van der Waals surface area contributed by atoms with Crippen molar-refractivity contribution in [3.63, 3.8) is 0 Å². The first kappa shape index (κ1) is 15.3. The molecular weight excluding hydrogens is 254 g/mol. The number of aldehydes is 1. The number of hydrogen-bond donors (Lipinski definition) is 0. The summed E-state index contributed by atoms with van der Waals surface area (Å²) in [6, 6.07) is -0.264. The van der Waals surface area contributed by atoms with Gasteiger partial charge < -0.3 is 9.53 Å². The summed E-state index contributed by atoms with van der Waals surface area (Å²) in [7, 11) is 0. The van der Waals surface area contributed by atoms with Crippen molar-refractivity contribution < 1.29 is 14.3 Å². The molecule has 2 aliphatic rings. The van der Waals surface area contributed by atoms with Crippen LogP contribution >= 0.6 is 0 Å². The molecule has 0 aromatic heterocycles. The summed E-state index contributed by atoms with van der Waals surface area (Å²) in [6.45, 7) is 7.78. The lowest BCUT2D eigenvalue weighted by atomic mass is 9.78. The Labute approximate surface area is 121 Å². The minimum Gasteiger partial charge on any atom is -0.444 e. The molecule has 1 heterocycles. The van der Waals surface area contributed by atoms with Crippen LogP contribution in [0.5, 0.6) is 0 Å². The first-order chi connectivity index (χ1) is 9.34. The smallest absolute Gasteiger partial charge is 0.411 e. The molecule has 114 valence electrons. The Morgan fingerprint density at radius 2 is 1.95 bits per heavy atom. The summed E-state index contributed by atoms with van der Waals surface area (Å²) in [4.78, 5) is 25.2. The van der Waals surface area contributed by atoms with Gasteiger partial charge in [-0.25, -0.2) is 4.79 Å². The van der Waals surface area contributed by atoms with Crippen LogP contribution in [0.4, 0.5) is 4.79 Å². The Bertz CT molecular complexity index is 378. The molecule has 0 N–H and O–H groups in total. The summed E-state index contributed by atoms with van der Waals surface area (Å²) in [5.74, 6) is 0.763. The quantitative estimate of drug-likeness (QED) is 0.587. The molecule has 20 heavy (non-hydrogen) atoms. The largest absolute Gasteiger partial charge is 0.444 e. The van der Waals surface area contributed by atoms with Gasteiger partial charge in [0.25, 0.3) is 0 Å². The average Bonchev–Trinajstić information content (AvgIpc) is 2.98. The van der Waals surface area contributed by atoms with E-state index < -0.39 is 5.60 Å². The van der Waals surface area contributed by atoms with Crippen molar-refractivity contribution in [1.82, 2.24) is 4.90 Å². The van der Waals surface area contributed by atoms with E-state index in [1.54, 1.807) is 4.90 Å². The van der Waals surface area contributed by atoms with Gasteiger partial charge >= 0.3 is 6.09 Å². The molecule has 4 nitrogen and oxygen atoms in total. The van der Waals surface area contributed by atoms with E-state index >= 15 is 0 Å². The van der Waals surface area contributed by atoms with Crippen molar-refractivity contribution in [3.05, 3.63) is 0 Å². The molecule has 0 unspecified atom stereocenters. The Balaban J connectivity index is 1.99. The Morgan fingerprint density at radius 3 is 2.40 bits per heavy atom. The van der Waals surface area contributed by atoms with Crippen LogP contribution in [0.1, 0.15) is 66.2 Å². The predicted octanol–water partition coefficient (Wildman–Crippen LogP) is 3.53. The summed E-state index contributed by atoms with van der Waals surface area (Å²) in [6.07, 6.45) is 7.20. The highest BCUT2D eigenvalue weighted by Crippen LogP contribution is 2.52. The van der Waals surface area contributed by atoms with Crippen LogP contribution in [0.2, 0.25) is 0 Å². The topological polar surface area (TPSA) is 46.4 Å². The second-order valence-electron chi connectivity index (χ2n) is 7.27. The molecule has 1 saturated carbocycles. The van der Waals surface area contributed by atoms with Crippen LogP contribution in [-0.4, -0.2) is 34.5 Å². The fraction of sp³-hybridized carbons (Fsp3) is 0.875. The fourth-order valence-electron chi connectivity index (χ4n) is 3.60. The van der Waals surface area contributed by atoms with Gasteiger partial charge in [-0.15, -0.1) is 0 Å². The van der Waals surface area contributed by atoms with E-state index in [1.807, 2.05) is 20.8 Å². The van der Waals surface area contributed by atoms with Gasteiger partial charge in [0.15, 0.2) is 0 Å². The van der Waals surface area contributed by atoms with E-state index in [2.05, 4.69) is 6.92 Å². The van der Waals surface area contributed by atoms with E-state index in [4.69, 9.17) is 4.74 Å². The monoisotopic (exact) mass is 281 g/mol. The van der Waals surface area contributed by atoms with Crippen molar-refractivity contribution >= 4 is 12.4 Å². The molecular formula is C16H27NO3. The second-order valence-corrected chi connectivity index (χ2v) is 7.27. The molecule has 1 saturated heterocycles. The van der Waals surface area contributed by atoms with E-state index in [1.165, 1.54) is 12.8 Å². The third-order valence-corrected chi connectivity index (χ3v) is 4.63. The van der Waals surface area contributed by atoms with E-state index in [-0.39, 0.29) is 17.7 Å². The number of carbonyl (C=O) groups is 2. The Kier molecular flexibility index (Phi) is 4.12. The number of hydrogen-bond acceptors (Lipinski definition) is 3. The van der Waals surface area contributed by atoms with Crippen molar-refractivity contribution in [2.45, 2.75) is 83.4 Å². The molecule has 1 spiro atoms. The third kappa shape index (κ3) is 2.84. The average molecular weight is 281 g/mol. The Morgan fingerprint density at radius 1 is 1.35 bits per heavy atom. The molecule has 1 aliphatic carbocycles. The van der Waals surface area contributed by atoms with Crippen LogP contribution < -0.4 is 0 Å². The van der Waals surface area contributed by atoms with Crippen LogP contribution in [0.3, 0.4) is 0 Å². The molecule has 0 bridgehead atoms. The maximum absolute atomic E-state index is 12.2. The zero-order chi connectivity index (χ0) is 15.0. The highest BCUT2D eigenvalue weighted by Gasteiger charge is 2.66. The third-order valence-electron chi connectivity index (χ3n) is 4.63. The molecule has 2 fully saturated rings. The van der Waals surface area contributed by atoms with Gasteiger partial charge in [0.2, 0.25) is 0 Å². The number of rotatable bonds is 3. The maximum atomic E-state index is 12.2. The van der Waals surface area contributed by atoms with Crippen LogP contribution in [0.25, 0.3) is 0 Å². The van der Waals surface area contributed by atoms with Gasteiger partial charge in [0.1, 0.15) is 17.9 Å². The van der Waals surface area contributed by atoms with Gasteiger partial charge in [-0.05, 0) is 52.4 Å². The SMILES string of the molecule is CCCC1CCC2(CC1)[C@@H](C=O)N2C(=O)OC(C)(C)C. The zero-order valence-corrected chi connectivity index (χ0v) is 13.1. The first-order valence-corrected chi connectivity index (χ1v) is 7.81. The highest BCUT2D eigenvalue weighted by atomic mass is 16.6. The fourth-order valence-corrected chi connectivity index (χ4v) is 3.60. The minimum atomic E-state index is -0.506. The highest BCUT2D eigenvalue weighted by molar-refractivity contribution is 5.83. The molecule has 1 atom stereocenters. The maximum Gasteiger partial charge on any atom is 0.411 e. The minimum absolute atomic E-state index is 0.228. The molecule has 0 aromatic carbocycles. The van der Waals surface area contributed by atoms with Crippen LogP contribution in [-0.2, 0) is 9.53 Å². The van der Waals surface area contributed by atoms with E-state index in [9.17, 15) is 9.59 Å². The molecule has 2 rings (SSSR count). The lowest BCUT2D eigenvalue weighted by Gasteiger charge is -2.29. The normalized spacial score (nSPS) is 33.1. The molecule has 0 radical (unpaired) electrons. The van der Waals surface area contributed by atoms with E-state index in [0.717, 1.165) is 37.9 Å². The summed E-state index contributed by atoms with van der Waals surface area (Å²) >= 11 is 0. The molecule has 1 aliphatic heterocycles. The lowest BCUT2D eigenvalue weighted by Crippen LogP contribution is -2.33. The summed E-state index contributed by atoms with van der Waals surface area (Å²) in [5.41, 5.74) is -0.734. The number of carbonyl (C=O) groups excluding carboxylic acids is 2. The second kappa shape index (κ2) is 5.38. The van der Waals surface area contributed by atoms with Gasteiger partial charge in [0, 0.05) is 0 Å². The summed E-state index contributed by atoms with van der Waals surface area (Å²) in [5, 5.41) is 0. The Hall–Kier alpha value is -1.06. The zero-order valence-electron chi connectivity index (χ0n) is 13.1. The standard InChI is InChI=1S/C16H27NO3/c1-5-6-12-7-9-16(10-8-12)13(11-18)17(16)14(19)20-15(2,3)4/h11-13H,5-10H2,1-4H3/t12?,13-,16?,17?/m1/s1. The number of ether oxygens (including phenoxy) is 1. The van der Waals surface area contributed by atoms with Gasteiger partial charge in [0.05, 0.1) is 5.54 Å². The molecule has 0 aromatic rings. The van der Waals surface area contributed by atoms with Crippen molar-refractivity contribution in [3.8, 4) is 0 Å². The van der Waals surface area contributed by atoms with Crippen molar-refractivity contribution in [2.24, 2.45) is 5.92 Å².